The van der Waals surface area contributed by atoms with Crippen molar-refractivity contribution >= 4 is 45.3 Å². The molecule has 0 spiro atoms. The highest BCUT2D eigenvalue weighted by atomic mass is 15.2. The van der Waals surface area contributed by atoms with Crippen molar-refractivity contribution in [3.05, 3.63) is 42.5 Å². The summed E-state index contributed by atoms with van der Waals surface area (Å²) in [5, 5.41) is 12.1. The van der Waals surface area contributed by atoms with E-state index in [4.69, 9.17) is 0 Å². The van der Waals surface area contributed by atoms with Crippen LogP contribution in [0.4, 0.5) is 23.4 Å². The first-order valence-corrected chi connectivity index (χ1v) is 8.91. The van der Waals surface area contributed by atoms with Gasteiger partial charge in [-0.1, -0.05) is 30.3 Å². The monoisotopic (exact) mass is 361 g/mol. The topological polar surface area (TPSA) is 90.6 Å². The van der Waals surface area contributed by atoms with Gasteiger partial charge in [0, 0.05) is 18.3 Å². The Balaban J connectivity index is 1.75. The van der Waals surface area contributed by atoms with Crippen molar-refractivity contribution in [2.45, 2.75) is 26.3 Å². The molecule has 0 aliphatic carbocycles. The molecule has 7 nitrogen and oxygen atoms in total. The van der Waals surface area contributed by atoms with Crippen LogP contribution in [0.2, 0.25) is 0 Å². The van der Waals surface area contributed by atoms with Crippen molar-refractivity contribution in [1.82, 2.24) is 19.9 Å². The summed E-state index contributed by atoms with van der Waals surface area (Å²) < 4.78 is 0. The molecular weight excluding hydrogens is 338 g/mol. The largest absolute Gasteiger partial charge is 0.364 e. The summed E-state index contributed by atoms with van der Waals surface area (Å²) in [7, 11) is 1.82. The highest BCUT2D eigenvalue weighted by molar-refractivity contribution is 5.88. The normalized spacial score (nSPS) is 11.7. The number of imidazole rings is 1. The van der Waals surface area contributed by atoms with Gasteiger partial charge in [0.25, 0.3) is 0 Å². The van der Waals surface area contributed by atoms with Gasteiger partial charge < -0.3 is 20.9 Å². The maximum absolute atomic E-state index is 4.68. The zero-order valence-corrected chi connectivity index (χ0v) is 15.9. The number of anilines is 4. The van der Waals surface area contributed by atoms with Gasteiger partial charge in [0.15, 0.2) is 11.5 Å². The van der Waals surface area contributed by atoms with Crippen LogP contribution >= 0.6 is 0 Å². The van der Waals surface area contributed by atoms with E-state index >= 15 is 0 Å². The Morgan fingerprint density at radius 2 is 1.70 bits per heavy atom. The molecule has 2 aromatic heterocycles. The van der Waals surface area contributed by atoms with E-state index < -0.39 is 0 Å². The summed E-state index contributed by atoms with van der Waals surface area (Å²) in [4.78, 5) is 16.9. The average Bonchev–Trinajstić information content (AvgIpc) is 3.04. The lowest BCUT2D eigenvalue weighted by Gasteiger charge is -2.21. The molecule has 7 heteroatoms. The highest BCUT2D eigenvalue weighted by Crippen LogP contribution is 2.26. The molecule has 4 N–H and O–H groups in total. The first kappa shape index (κ1) is 17.1. The van der Waals surface area contributed by atoms with Gasteiger partial charge >= 0.3 is 0 Å². The maximum Gasteiger partial charge on any atom is 0.231 e. The molecule has 0 radical (unpaired) electrons. The van der Waals surface area contributed by atoms with Gasteiger partial charge in [-0.2, -0.15) is 15.0 Å². The van der Waals surface area contributed by atoms with Crippen LogP contribution < -0.4 is 16.0 Å². The summed E-state index contributed by atoms with van der Waals surface area (Å²) >= 11 is 0. The van der Waals surface area contributed by atoms with Crippen LogP contribution in [0.25, 0.3) is 21.9 Å². The molecule has 27 heavy (non-hydrogen) atoms. The third-order valence-electron chi connectivity index (χ3n) is 4.09. The number of hydrogen-bond acceptors (Lipinski definition) is 6. The Labute approximate surface area is 157 Å². The van der Waals surface area contributed by atoms with Gasteiger partial charge in [-0.15, -0.1) is 0 Å². The van der Waals surface area contributed by atoms with Crippen molar-refractivity contribution in [3.8, 4) is 0 Å². The maximum atomic E-state index is 4.68. The van der Waals surface area contributed by atoms with Gasteiger partial charge in [-0.05, 0) is 43.7 Å². The minimum Gasteiger partial charge on any atom is -0.364 e. The molecule has 0 bridgehead atoms. The molecular formula is C20H23N7. The van der Waals surface area contributed by atoms with E-state index in [1.807, 2.05) is 25.2 Å². The number of H-pyrrole nitrogens is 1. The van der Waals surface area contributed by atoms with E-state index in [1.165, 1.54) is 5.39 Å². The molecule has 0 saturated heterocycles. The summed E-state index contributed by atoms with van der Waals surface area (Å²) in [6.45, 7) is 6.27. The van der Waals surface area contributed by atoms with E-state index in [1.54, 1.807) is 0 Å². The molecule has 4 aromatic rings. The van der Waals surface area contributed by atoms with E-state index in [9.17, 15) is 0 Å². The second-order valence-corrected chi connectivity index (χ2v) is 7.49. The molecule has 0 saturated carbocycles. The Bertz CT molecular complexity index is 1110. The zero-order valence-electron chi connectivity index (χ0n) is 15.9. The van der Waals surface area contributed by atoms with Crippen molar-refractivity contribution in [2.75, 3.05) is 23.0 Å². The lowest BCUT2D eigenvalue weighted by Crippen LogP contribution is -2.27. The number of aromatic nitrogens is 4. The lowest BCUT2D eigenvalue weighted by atomic mass is 10.1. The molecule has 0 aliphatic heterocycles. The van der Waals surface area contributed by atoms with Crippen molar-refractivity contribution in [3.63, 3.8) is 0 Å². The SMILES string of the molecule is CNc1nc2nc(Nc3ccc4ccccc4c3)nc(NC(C)(C)C)c2[nH]1. The van der Waals surface area contributed by atoms with E-state index in [0.717, 1.165) is 16.6 Å². The third-order valence-corrected chi connectivity index (χ3v) is 4.09. The van der Waals surface area contributed by atoms with Crippen molar-refractivity contribution < 1.29 is 0 Å². The summed E-state index contributed by atoms with van der Waals surface area (Å²) in [6.07, 6.45) is 0. The first-order valence-electron chi connectivity index (χ1n) is 8.91. The van der Waals surface area contributed by atoms with Crippen LogP contribution in [0.15, 0.2) is 42.5 Å². The number of nitrogens with zero attached hydrogens (tertiary/aromatic N) is 3. The van der Waals surface area contributed by atoms with E-state index in [-0.39, 0.29) is 5.54 Å². The number of aromatic amines is 1. The lowest BCUT2D eigenvalue weighted by molar-refractivity contribution is 0.631. The Morgan fingerprint density at radius 3 is 2.44 bits per heavy atom. The van der Waals surface area contributed by atoms with Gasteiger partial charge in [-0.3, -0.25) is 0 Å². The van der Waals surface area contributed by atoms with Crippen LogP contribution in [0.1, 0.15) is 20.8 Å². The van der Waals surface area contributed by atoms with Crippen LogP contribution in [-0.2, 0) is 0 Å². The minimum absolute atomic E-state index is 0.146. The van der Waals surface area contributed by atoms with Crippen molar-refractivity contribution in [2.24, 2.45) is 0 Å². The molecule has 4 rings (SSSR count). The third kappa shape index (κ3) is 3.62. The summed E-state index contributed by atoms with van der Waals surface area (Å²) in [5.74, 6) is 1.86. The molecule has 0 fully saturated rings. The fourth-order valence-electron chi connectivity index (χ4n) is 2.91. The zero-order chi connectivity index (χ0) is 19.0. The first-order chi connectivity index (χ1) is 12.9. The number of benzene rings is 2. The predicted molar refractivity (Wildman–Crippen MR) is 112 cm³/mol. The molecule has 0 amide bonds. The van der Waals surface area contributed by atoms with Crippen molar-refractivity contribution in [1.29, 1.82) is 0 Å². The summed E-state index contributed by atoms with van der Waals surface area (Å²) in [6, 6.07) is 14.4. The van der Waals surface area contributed by atoms with Crippen LogP contribution in [-0.4, -0.2) is 32.5 Å². The fourth-order valence-corrected chi connectivity index (χ4v) is 2.91. The number of rotatable bonds is 4. The fraction of sp³-hybridized carbons (Fsp3) is 0.250. The van der Waals surface area contributed by atoms with Crippen LogP contribution in [0.3, 0.4) is 0 Å². The van der Waals surface area contributed by atoms with E-state index in [2.05, 4.69) is 80.9 Å². The predicted octanol–water partition coefficient (Wildman–Crippen LogP) is 4.50. The number of nitrogens with one attached hydrogen (secondary N) is 4. The molecule has 2 aromatic carbocycles. The summed E-state index contributed by atoms with van der Waals surface area (Å²) in [5.41, 5.74) is 2.16. The van der Waals surface area contributed by atoms with Crippen LogP contribution in [0.5, 0.6) is 0 Å². The number of fused-ring (bicyclic) bond motifs is 2. The highest BCUT2D eigenvalue weighted by Gasteiger charge is 2.17. The van der Waals surface area contributed by atoms with E-state index in [0.29, 0.717) is 23.4 Å². The second kappa shape index (κ2) is 6.42. The molecule has 138 valence electrons. The molecule has 0 unspecified atom stereocenters. The standard InChI is InChI=1S/C20H23N7/c1-20(2,3)27-17-15-16(24-18(21-4)23-15)25-19(26-17)22-14-10-9-12-7-5-6-8-13(12)11-14/h5-11H,1-4H3,(H4,21,22,23,24,25,26,27). The average molecular weight is 361 g/mol. The Hall–Kier alpha value is -3.35. The minimum atomic E-state index is -0.146. The quantitative estimate of drug-likeness (QED) is 0.428. The van der Waals surface area contributed by atoms with Gasteiger partial charge in [-0.25, -0.2) is 0 Å². The second-order valence-electron chi connectivity index (χ2n) is 7.49. The smallest absolute Gasteiger partial charge is 0.231 e. The van der Waals surface area contributed by atoms with Gasteiger partial charge in [0.1, 0.15) is 5.52 Å². The molecule has 2 heterocycles. The Morgan fingerprint density at radius 1 is 0.926 bits per heavy atom. The Kier molecular flexibility index (Phi) is 4.07. The van der Waals surface area contributed by atoms with Gasteiger partial charge in [0.05, 0.1) is 0 Å². The number of hydrogen-bond donors (Lipinski definition) is 4. The molecule has 0 atom stereocenters. The molecule has 0 aliphatic rings. The van der Waals surface area contributed by atoms with Crippen LogP contribution in [0, 0.1) is 0 Å². The van der Waals surface area contributed by atoms with Gasteiger partial charge in [0.2, 0.25) is 11.9 Å².